The fourth-order valence-electron chi connectivity index (χ4n) is 3.13. The molecule has 0 saturated carbocycles. The van der Waals surface area contributed by atoms with E-state index in [9.17, 15) is 0 Å². The number of piperidine rings is 1. The molecule has 1 saturated heterocycles. The number of hydrogen-bond donors (Lipinski definition) is 2. The lowest BCUT2D eigenvalue weighted by atomic mass is 10.0. The Hall–Kier alpha value is -1.55. The van der Waals surface area contributed by atoms with E-state index in [0.29, 0.717) is 12.1 Å². The first-order valence-electron chi connectivity index (χ1n) is 9.43. The predicted molar refractivity (Wildman–Crippen MR) is 104 cm³/mol. The zero-order valence-corrected chi connectivity index (χ0v) is 15.8. The summed E-state index contributed by atoms with van der Waals surface area (Å²) in [5.74, 6) is 0.965. The van der Waals surface area contributed by atoms with Crippen molar-refractivity contribution in [3.63, 3.8) is 0 Å². The van der Waals surface area contributed by atoms with E-state index in [0.717, 1.165) is 25.5 Å². The summed E-state index contributed by atoms with van der Waals surface area (Å²) in [5.41, 5.74) is 2.66. The van der Waals surface area contributed by atoms with Crippen LogP contribution in [-0.4, -0.2) is 49.1 Å². The molecule has 4 nitrogen and oxygen atoms in total. The third-order valence-electron chi connectivity index (χ3n) is 4.74. The molecule has 0 aromatic heterocycles. The number of nitrogens with zero attached hydrogens (tertiary/aromatic N) is 2. The first-order valence-corrected chi connectivity index (χ1v) is 9.43. The number of guanidine groups is 1. The van der Waals surface area contributed by atoms with Gasteiger partial charge in [-0.05, 0) is 52.5 Å². The SMILES string of the molecule is CCNC(=NCCc1ccc(C)cc1)NC1CCN(C(C)C)CC1. The van der Waals surface area contributed by atoms with Crippen molar-refractivity contribution in [3.05, 3.63) is 35.4 Å². The van der Waals surface area contributed by atoms with Crippen LogP contribution < -0.4 is 10.6 Å². The number of nitrogens with one attached hydrogen (secondary N) is 2. The second-order valence-corrected chi connectivity index (χ2v) is 7.04. The highest BCUT2D eigenvalue weighted by atomic mass is 15.2. The summed E-state index contributed by atoms with van der Waals surface area (Å²) in [6.45, 7) is 12.9. The topological polar surface area (TPSA) is 39.7 Å². The van der Waals surface area contributed by atoms with E-state index in [2.05, 4.69) is 67.5 Å². The molecular formula is C20H34N4. The van der Waals surface area contributed by atoms with Crippen LogP contribution in [-0.2, 0) is 6.42 Å². The van der Waals surface area contributed by atoms with E-state index in [4.69, 9.17) is 4.99 Å². The first-order chi connectivity index (χ1) is 11.6. The summed E-state index contributed by atoms with van der Waals surface area (Å²) in [6, 6.07) is 9.94. The first kappa shape index (κ1) is 18.8. The minimum absolute atomic E-state index is 0.539. The lowest BCUT2D eigenvalue weighted by Crippen LogP contribution is -2.49. The van der Waals surface area contributed by atoms with Crippen molar-refractivity contribution in [3.8, 4) is 0 Å². The van der Waals surface area contributed by atoms with E-state index >= 15 is 0 Å². The minimum atomic E-state index is 0.539. The Labute approximate surface area is 147 Å². The van der Waals surface area contributed by atoms with Crippen LogP contribution in [0.3, 0.4) is 0 Å². The molecule has 2 N–H and O–H groups in total. The number of aryl methyl sites for hydroxylation is 1. The molecule has 4 heteroatoms. The van der Waals surface area contributed by atoms with Crippen molar-refractivity contribution in [1.82, 2.24) is 15.5 Å². The number of benzene rings is 1. The summed E-state index contributed by atoms with van der Waals surface area (Å²) in [7, 11) is 0. The largest absolute Gasteiger partial charge is 0.357 e. The van der Waals surface area contributed by atoms with E-state index in [1.165, 1.54) is 37.1 Å². The Balaban J connectivity index is 1.81. The Morgan fingerprint density at radius 2 is 1.88 bits per heavy atom. The number of likely N-dealkylation sites (tertiary alicyclic amines) is 1. The van der Waals surface area contributed by atoms with Crippen LogP contribution in [0, 0.1) is 6.92 Å². The highest BCUT2D eigenvalue weighted by Crippen LogP contribution is 2.12. The zero-order valence-electron chi connectivity index (χ0n) is 15.8. The van der Waals surface area contributed by atoms with Crippen LogP contribution in [0.5, 0.6) is 0 Å². The van der Waals surface area contributed by atoms with Crippen molar-refractivity contribution < 1.29 is 0 Å². The molecule has 134 valence electrons. The van der Waals surface area contributed by atoms with E-state index in [1.54, 1.807) is 0 Å². The van der Waals surface area contributed by atoms with Crippen LogP contribution in [0.2, 0.25) is 0 Å². The zero-order chi connectivity index (χ0) is 17.4. The number of rotatable bonds is 6. The highest BCUT2D eigenvalue weighted by Gasteiger charge is 2.21. The van der Waals surface area contributed by atoms with Crippen LogP contribution in [0.1, 0.15) is 44.7 Å². The maximum atomic E-state index is 4.76. The van der Waals surface area contributed by atoms with E-state index < -0.39 is 0 Å². The molecule has 1 aromatic carbocycles. The van der Waals surface area contributed by atoms with Crippen molar-refractivity contribution >= 4 is 5.96 Å². The molecule has 1 heterocycles. The summed E-state index contributed by atoms with van der Waals surface area (Å²) >= 11 is 0. The average molecular weight is 331 g/mol. The van der Waals surface area contributed by atoms with Gasteiger partial charge in [0.05, 0.1) is 0 Å². The van der Waals surface area contributed by atoms with Gasteiger partial charge < -0.3 is 15.5 Å². The van der Waals surface area contributed by atoms with Crippen LogP contribution >= 0.6 is 0 Å². The van der Waals surface area contributed by atoms with E-state index in [1.807, 2.05) is 0 Å². The second-order valence-electron chi connectivity index (χ2n) is 7.04. The molecule has 0 radical (unpaired) electrons. The molecule has 1 aromatic rings. The summed E-state index contributed by atoms with van der Waals surface area (Å²) in [6.07, 6.45) is 3.38. The van der Waals surface area contributed by atoms with Crippen LogP contribution in [0.15, 0.2) is 29.3 Å². The normalized spacial score (nSPS) is 17.3. The van der Waals surface area contributed by atoms with Gasteiger partial charge in [-0.1, -0.05) is 29.8 Å². The lowest BCUT2D eigenvalue weighted by Gasteiger charge is -2.35. The van der Waals surface area contributed by atoms with Gasteiger partial charge in [0, 0.05) is 38.3 Å². The Morgan fingerprint density at radius 3 is 2.46 bits per heavy atom. The third-order valence-corrected chi connectivity index (χ3v) is 4.74. The summed E-state index contributed by atoms with van der Waals surface area (Å²) in [5, 5.41) is 7.01. The van der Waals surface area contributed by atoms with Gasteiger partial charge in [-0.3, -0.25) is 4.99 Å². The highest BCUT2D eigenvalue weighted by molar-refractivity contribution is 5.80. The Morgan fingerprint density at radius 1 is 1.21 bits per heavy atom. The predicted octanol–water partition coefficient (Wildman–Crippen LogP) is 2.97. The lowest BCUT2D eigenvalue weighted by molar-refractivity contribution is 0.167. The van der Waals surface area contributed by atoms with Crippen molar-refractivity contribution in [2.45, 2.75) is 59.0 Å². The molecule has 0 amide bonds. The Bertz CT molecular complexity index is 499. The molecule has 0 unspecified atom stereocenters. The molecule has 1 aliphatic rings. The summed E-state index contributed by atoms with van der Waals surface area (Å²) in [4.78, 5) is 7.32. The molecule has 0 aliphatic carbocycles. The van der Waals surface area contributed by atoms with Crippen LogP contribution in [0.4, 0.5) is 0 Å². The minimum Gasteiger partial charge on any atom is -0.357 e. The quantitative estimate of drug-likeness (QED) is 0.622. The van der Waals surface area contributed by atoms with Gasteiger partial charge in [0.15, 0.2) is 5.96 Å². The van der Waals surface area contributed by atoms with Crippen molar-refractivity contribution in [2.24, 2.45) is 4.99 Å². The smallest absolute Gasteiger partial charge is 0.191 e. The monoisotopic (exact) mass is 330 g/mol. The maximum absolute atomic E-state index is 4.76. The molecule has 24 heavy (non-hydrogen) atoms. The third kappa shape index (κ3) is 6.16. The molecule has 0 atom stereocenters. The van der Waals surface area contributed by atoms with Gasteiger partial charge >= 0.3 is 0 Å². The molecule has 2 rings (SSSR count). The fourth-order valence-corrected chi connectivity index (χ4v) is 3.13. The van der Waals surface area contributed by atoms with Crippen molar-refractivity contribution in [1.29, 1.82) is 0 Å². The van der Waals surface area contributed by atoms with Gasteiger partial charge in [0.25, 0.3) is 0 Å². The molecule has 1 aliphatic heterocycles. The Kier molecular flexibility index (Phi) is 7.57. The maximum Gasteiger partial charge on any atom is 0.191 e. The number of hydrogen-bond acceptors (Lipinski definition) is 2. The van der Waals surface area contributed by atoms with Crippen molar-refractivity contribution in [2.75, 3.05) is 26.2 Å². The molecule has 0 bridgehead atoms. The van der Waals surface area contributed by atoms with E-state index in [-0.39, 0.29) is 0 Å². The van der Waals surface area contributed by atoms with Gasteiger partial charge in [-0.25, -0.2) is 0 Å². The van der Waals surface area contributed by atoms with Gasteiger partial charge in [-0.2, -0.15) is 0 Å². The van der Waals surface area contributed by atoms with Gasteiger partial charge in [-0.15, -0.1) is 0 Å². The second kappa shape index (κ2) is 9.67. The number of aliphatic imine (C=N–C) groups is 1. The molecule has 0 spiro atoms. The summed E-state index contributed by atoms with van der Waals surface area (Å²) < 4.78 is 0. The van der Waals surface area contributed by atoms with Gasteiger partial charge in [0.1, 0.15) is 0 Å². The van der Waals surface area contributed by atoms with Gasteiger partial charge in [0.2, 0.25) is 0 Å². The average Bonchev–Trinajstić information content (AvgIpc) is 2.57. The standard InChI is InChI=1S/C20H34N4/c1-5-21-20(22-13-10-18-8-6-17(4)7-9-18)23-19-11-14-24(15-12-19)16(2)3/h6-9,16,19H,5,10-15H2,1-4H3,(H2,21,22,23). The fraction of sp³-hybridized carbons (Fsp3) is 0.650. The van der Waals surface area contributed by atoms with Crippen LogP contribution in [0.25, 0.3) is 0 Å². The molecular weight excluding hydrogens is 296 g/mol. The molecule has 1 fully saturated rings.